The van der Waals surface area contributed by atoms with Crippen LogP contribution in [0.15, 0.2) is 40.2 Å². The highest BCUT2D eigenvalue weighted by molar-refractivity contribution is 7.97. The lowest BCUT2D eigenvalue weighted by atomic mass is 9.95. The van der Waals surface area contributed by atoms with Crippen LogP contribution in [0, 0.1) is 5.41 Å². The minimum absolute atomic E-state index is 0.122. The van der Waals surface area contributed by atoms with E-state index in [4.69, 9.17) is 10.1 Å². The molecule has 2 aliphatic heterocycles. The molecule has 32 heavy (non-hydrogen) atoms. The molecule has 7 nitrogen and oxygen atoms in total. The number of hydrogen-bond donors (Lipinski definition) is 4. The molecular formula is C24H31N5O2S. The first kappa shape index (κ1) is 21.6. The molecule has 1 aromatic heterocycles. The standard InChI is InChI=1S/C24H31N5O2S/c25-23(22-20(8-11-26-24(22)30)27-17-4-2-1-3-5-17)28-18-6-7-21-16(14-18)15-29(32-21)19-9-12-31-13-10-19/h6-8,11,14,17,19H,1-5,9-10,12-13,15H2,(H2,25,28)(H2,26,27,30). The number of aromatic nitrogens is 1. The average Bonchev–Trinajstić information content (AvgIpc) is 3.24. The maximum absolute atomic E-state index is 12.6. The van der Waals surface area contributed by atoms with Crippen LogP contribution in [0.1, 0.15) is 56.1 Å². The zero-order valence-corrected chi connectivity index (χ0v) is 19.1. The minimum Gasteiger partial charge on any atom is -0.382 e. The number of aromatic amines is 1. The van der Waals surface area contributed by atoms with Crippen molar-refractivity contribution in [1.82, 2.24) is 9.29 Å². The first-order valence-corrected chi connectivity index (χ1v) is 12.4. The van der Waals surface area contributed by atoms with Gasteiger partial charge in [-0.15, -0.1) is 0 Å². The molecule has 0 atom stereocenters. The van der Waals surface area contributed by atoms with E-state index in [2.05, 4.69) is 32.1 Å². The highest BCUT2D eigenvalue weighted by Crippen LogP contribution is 2.40. The van der Waals surface area contributed by atoms with Crippen LogP contribution >= 0.6 is 11.9 Å². The normalized spacial score (nSPS) is 20.1. The summed E-state index contributed by atoms with van der Waals surface area (Å²) in [5, 5.41) is 15.4. The molecule has 0 bridgehead atoms. The molecule has 3 heterocycles. The summed E-state index contributed by atoms with van der Waals surface area (Å²) in [6, 6.07) is 9.01. The largest absolute Gasteiger partial charge is 0.382 e. The Morgan fingerprint density at radius 2 is 1.94 bits per heavy atom. The number of nitrogens with one attached hydrogen (secondary N) is 4. The summed E-state index contributed by atoms with van der Waals surface area (Å²) in [5.74, 6) is 0.122. The fourth-order valence-electron chi connectivity index (χ4n) is 4.89. The molecule has 4 N–H and O–H groups in total. The van der Waals surface area contributed by atoms with E-state index in [1.807, 2.05) is 24.1 Å². The van der Waals surface area contributed by atoms with Gasteiger partial charge in [0.05, 0.1) is 5.69 Å². The molecule has 0 radical (unpaired) electrons. The Labute approximate surface area is 193 Å². The van der Waals surface area contributed by atoms with E-state index < -0.39 is 0 Å². The van der Waals surface area contributed by atoms with Crippen molar-refractivity contribution in [1.29, 1.82) is 5.41 Å². The van der Waals surface area contributed by atoms with Gasteiger partial charge >= 0.3 is 0 Å². The highest BCUT2D eigenvalue weighted by Gasteiger charge is 2.28. The maximum Gasteiger partial charge on any atom is 0.261 e. The van der Waals surface area contributed by atoms with Crippen molar-refractivity contribution in [2.24, 2.45) is 0 Å². The van der Waals surface area contributed by atoms with E-state index in [1.54, 1.807) is 6.20 Å². The second-order valence-corrected chi connectivity index (χ2v) is 10.00. The summed E-state index contributed by atoms with van der Waals surface area (Å²) in [5.41, 5.74) is 2.97. The SMILES string of the molecule is N=C(Nc1ccc2c(c1)CN(C1CCOCC1)S2)c1c(NC2CCCCC2)cc[nH]c1=O. The monoisotopic (exact) mass is 453 g/mol. The van der Waals surface area contributed by atoms with E-state index >= 15 is 0 Å². The molecule has 170 valence electrons. The van der Waals surface area contributed by atoms with Crippen molar-refractivity contribution < 1.29 is 4.74 Å². The quantitative estimate of drug-likeness (QED) is 0.301. The van der Waals surface area contributed by atoms with E-state index in [0.717, 1.165) is 56.8 Å². The number of hydrogen-bond acceptors (Lipinski definition) is 6. The fourth-order valence-corrected chi connectivity index (χ4v) is 6.08. The highest BCUT2D eigenvalue weighted by atomic mass is 32.2. The Balaban J connectivity index is 1.29. The Bertz CT molecular complexity index is 1030. The lowest BCUT2D eigenvalue weighted by Gasteiger charge is -2.29. The van der Waals surface area contributed by atoms with Crippen molar-refractivity contribution >= 4 is 29.2 Å². The van der Waals surface area contributed by atoms with E-state index in [0.29, 0.717) is 17.6 Å². The summed E-state index contributed by atoms with van der Waals surface area (Å²) in [6.07, 6.45) is 9.72. The number of benzene rings is 1. The third-order valence-electron chi connectivity index (χ3n) is 6.65. The molecule has 2 aromatic rings. The van der Waals surface area contributed by atoms with Gasteiger partial charge in [0, 0.05) is 48.6 Å². The molecule has 0 unspecified atom stereocenters. The van der Waals surface area contributed by atoms with Gasteiger partial charge in [-0.1, -0.05) is 19.3 Å². The lowest BCUT2D eigenvalue weighted by molar-refractivity contribution is 0.0604. The van der Waals surface area contributed by atoms with Gasteiger partial charge in [0.2, 0.25) is 0 Å². The lowest BCUT2D eigenvalue weighted by Crippen LogP contribution is -2.32. The van der Waals surface area contributed by atoms with Gasteiger partial charge in [-0.2, -0.15) is 0 Å². The molecule has 1 aromatic carbocycles. The predicted octanol–water partition coefficient (Wildman–Crippen LogP) is 4.56. The van der Waals surface area contributed by atoms with Gasteiger partial charge in [0.15, 0.2) is 0 Å². The number of nitrogens with zero attached hydrogens (tertiary/aromatic N) is 1. The summed E-state index contributed by atoms with van der Waals surface area (Å²) in [4.78, 5) is 16.6. The molecule has 8 heteroatoms. The Hall–Kier alpha value is -2.29. The molecule has 1 saturated carbocycles. The zero-order chi connectivity index (χ0) is 21.9. The average molecular weight is 454 g/mol. The van der Waals surface area contributed by atoms with E-state index in [-0.39, 0.29) is 11.4 Å². The van der Waals surface area contributed by atoms with Crippen molar-refractivity contribution in [3.05, 3.63) is 51.9 Å². The van der Waals surface area contributed by atoms with Crippen LogP contribution in [0.3, 0.4) is 0 Å². The van der Waals surface area contributed by atoms with Gasteiger partial charge in [-0.3, -0.25) is 10.2 Å². The maximum atomic E-state index is 12.6. The van der Waals surface area contributed by atoms with Crippen LogP contribution < -0.4 is 16.2 Å². The summed E-state index contributed by atoms with van der Waals surface area (Å²) >= 11 is 1.82. The fraction of sp³-hybridized carbons (Fsp3) is 0.500. The molecule has 0 spiro atoms. The van der Waals surface area contributed by atoms with Crippen LogP contribution in [0.4, 0.5) is 11.4 Å². The second kappa shape index (κ2) is 9.68. The summed E-state index contributed by atoms with van der Waals surface area (Å²) in [7, 11) is 0. The van der Waals surface area contributed by atoms with E-state index in [1.165, 1.54) is 29.7 Å². The number of fused-ring (bicyclic) bond motifs is 1. The Morgan fingerprint density at radius 1 is 1.12 bits per heavy atom. The number of anilines is 2. The van der Waals surface area contributed by atoms with Gasteiger partial charge < -0.3 is 20.4 Å². The van der Waals surface area contributed by atoms with Crippen LogP contribution in [-0.2, 0) is 11.3 Å². The topological polar surface area (TPSA) is 93.2 Å². The van der Waals surface area contributed by atoms with Crippen molar-refractivity contribution in [3.63, 3.8) is 0 Å². The van der Waals surface area contributed by atoms with Crippen molar-refractivity contribution in [2.45, 2.75) is 68.5 Å². The summed E-state index contributed by atoms with van der Waals surface area (Å²) in [6.45, 7) is 2.57. The smallest absolute Gasteiger partial charge is 0.261 e. The Kier molecular flexibility index (Phi) is 6.52. The zero-order valence-electron chi connectivity index (χ0n) is 18.3. The second-order valence-electron chi connectivity index (χ2n) is 8.91. The van der Waals surface area contributed by atoms with Gasteiger partial charge in [-0.05, 0) is 67.5 Å². The third kappa shape index (κ3) is 4.72. The van der Waals surface area contributed by atoms with Crippen molar-refractivity contribution in [2.75, 3.05) is 23.8 Å². The van der Waals surface area contributed by atoms with Gasteiger partial charge in [0.1, 0.15) is 11.4 Å². The summed E-state index contributed by atoms with van der Waals surface area (Å²) < 4.78 is 7.96. The van der Waals surface area contributed by atoms with Crippen LogP contribution in [-0.4, -0.2) is 40.4 Å². The number of H-pyrrole nitrogens is 1. The van der Waals surface area contributed by atoms with Crippen molar-refractivity contribution in [3.8, 4) is 0 Å². The molecule has 2 fully saturated rings. The molecule has 0 amide bonds. The van der Waals surface area contributed by atoms with Crippen LogP contribution in [0.25, 0.3) is 0 Å². The first-order valence-electron chi connectivity index (χ1n) is 11.7. The Morgan fingerprint density at radius 3 is 2.75 bits per heavy atom. The van der Waals surface area contributed by atoms with Crippen LogP contribution in [0.5, 0.6) is 0 Å². The number of amidine groups is 1. The first-order chi connectivity index (χ1) is 15.7. The van der Waals surface area contributed by atoms with E-state index in [9.17, 15) is 4.79 Å². The molecule has 5 rings (SSSR count). The van der Waals surface area contributed by atoms with Crippen LogP contribution in [0.2, 0.25) is 0 Å². The molecule has 1 aliphatic carbocycles. The number of pyridine rings is 1. The molecular weight excluding hydrogens is 422 g/mol. The predicted molar refractivity (Wildman–Crippen MR) is 130 cm³/mol. The number of rotatable bonds is 5. The minimum atomic E-state index is -0.245. The molecule has 3 aliphatic rings. The third-order valence-corrected chi connectivity index (χ3v) is 7.90. The van der Waals surface area contributed by atoms with Gasteiger partial charge in [-0.25, -0.2) is 4.31 Å². The molecule has 1 saturated heterocycles. The number of ether oxygens (including phenoxy) is 1. The van der Waals surface area contributed by atoms with Gasteiger partial charge in [0.25, 0.3) is 5.56 Å².